The van der Waals surface area contributed by atoms with E-state index in [1.165, 1.54) is 19.3 Å². The second-order valence-electron chi connectivity index (χ2n) is 6.62. The number of aliphatic hydroxyl groups excluding tert-OH is 1. The molecule has 0 radical (unpaired) electrons. The van der Waals surface area contributed by atoms with Crippen molar-refractivity contribution in [2.24, 2.45) is 17.8 Å². The number of nitrogens with one attached hydrogen (secondary N) is 2. The van der Waals surface area contributed by atoms with Crippen molar-refractivity contribution in [1.82, 2.24) is 10.6 Å². The Kier molecular flexibility index (Phi) is 4.08. The summed E-state index contributed by atoms with van der Waals surface area (Å²) in [5, 5.41) is 16.1. The quantitative estimate of drug-likeness (QED) is 0.712. The van der Waals surface area contributed by atoms with Crippen molar-refractivity contribution in [2.75, 3.05) is 13.2 Å². The third-order valence-electron chi connectivity index (χ3n) is 5.48. The summed E-state index contributed by atoms with van der Waals surface area (Å²) in [4.78, 5) is 12.3. The van der Waals surface area contributed by atoms with Crippen molar-refractivity contribution in [1.29, 1.82) is 0 Å². The second kappa shape index (κ2) is 5.80. The van der Waals surface area contributed by atoms with Gasteiger partial charge < -0.3 is 15.7 Å². The first-order valence-corrected chi connectivity index (χ1v) is 7.92. The predicted octanol–water partition coefficient (Wildman–Crippen LogP) is 1.04. The first-order chi connectivity index (χ1) is 9.28. The number of carbonyl (C=O) groups excluding carboxylic acids is 1. The summed E-state index contributed by atoms with van der Waals surface area (Å²) < 4.78 is 0. The highest BCUT2D eigenvalue weighted by Gasteiger charge is 2.42. The first-order valence-electron chi connectivity index (χ1n) is 7.92. The summed E-state index contributed by atoms with van der Waals surface area (Å²) in [6, 6.07) is 1.01. The van der Waals surface area contributed by atoms with E-state index in [2.05, 4.69) is 10.6 Å². The van der Waals surface area contributed by atoms with Crippen LogP contribution in [0, 0.1) is 17.8 Å². The van der Waals surface area contributed by atoms with E-state index < -0.39 is 0 Å². The largest absolute Gasteiger partial charge is 0.396 e. The molecule has 2 bridgehead atoms. The minimum absolute atomic E-state index is 0.190. The normalized spacial score (nSPS) is 41.4. The molecule has 3 rings (SSSR count). The Morgan fingerprint density at radius 3 is 2.58 bits per heavy atom. The first kappa shape index (κ1) is 13.4. The lowest BCUT2D eigenvalue weighted by Crippen LogP contribution is -2.41. The molecule has 0 spiro atoms. The fraction of sp³-hybridized carbons (Fsp3) is 0.933. The van der Waals surface area contributed by atoms with Crippen LogP contribution in [0.5, 0.6) is 0 Å². The Labute approximate surface area is 115 Å². The SMILES string of the molecule is O=C(NCC1CCCCC1CO)C1CC2CCC1N2. The van der Waals surface area contributed by atoms with Crippen molar-refractivity contribution >= 4 is 5.91 Å². The topological polar surface area (TPSA) is 61.4 Å². The van der Waals surface area contributed by atoms with Crippen molar-refractivity contribution < 1.29 is 9.90 Å². The zero-order valence-corrected chi connectivity index (χ0v) is 11.6. The Morgan fingerprint density at radius 2 is 1.95 bits per heavy atom. The average Bonchev–Trinajstić information content (AvgIpc) is 3.07. The molecular weight excluding hydrogens is 240 g/mol. The highest BCUT2D eigenvalue weighted by molar-refractivity contribution is 5.80. The summed E-state index contributed by atoms with van der Waals surface area (Å²) in [5.74, 6) is 1.30. The maximum atomic E-state index is 12.3. The lowest BCUT2D eigenvalue weighted by molar-refractivity contribution is -0.125. The Morgan fingerprint density at radius 1 is 1.16 bits per heavy atom. The molecule has 3 N–H and O–H groups in total. The van der Waals surface area contributed by atoms with Crippen LogP contribution in [0.25, 0.3) is 0 Å². The van der Waals surface area contributed by atoms with E-state index in [0.717, 1.165) is 32.2 Å². The molecule has 2 heterocycles. The van der Waals surface area contributed by atoms with Crippen LogP contribution in [0.1, 0.15) is 44.9 Å². The molecule has 5 unspecified atom stereocenters. The Balaban J connectivity index is 1.47. The van der Waals surface area contributed by atoms with Crippen LogP contribution >= 0.6 is 0 Å². The molecule has 5 atom stereocenters. The van der Waals surface area contributed by atoms with Crippen molar-refractivity contribution in [3.05, 3.63) is 0 Å². The van der Waals surface area contributed by atoms with Crippen LogP contribution in [-0.4, -0.2) is 36.2 Å². The van der Waals surface area contributed by atoms with Gasteiger partial charge in [-0.1, -0.05) is 12.8 Å². The van der Waals surface area contributed by atoms with Gasteiger partial charge in [-0.3, -0.25) is 4.79 Å². The molecule has 2 saturated heterocycles. The van der Waals surface area contributed by atoms with Crippen molar-refractivity contribution in [3.8, 4) is 0 Å². The highest BCUT2D eigenvalue weighted by Crippen LogP contribution is 2.34. The molecule has 3 aliphatic rings. The van der Waals surface area contributed by atoms with Gasteiger partial charge in [0, 0.05) is 25.2 Å². The van der Waals surface area contributed by atoms with Crippen LogP contribution in [0.15, 0.2) is 0 Å². The minimum atomic E-state index is 0.190. The third-order valence-corrected chi connectivity index (χ3v) is 5.48. The number of aliphatic hydroxyl groups is 1. The Bertz CT molecular complexity index is 334. The van der Waals surface area contributed by atoms with E-state index >= 15 is 0 Å². The van der Waals surface area contributed by atoms with Gasteiger partial charge >= 0.3 is 0 Å². The number of hydrogen-bond donors (Lipinski definition) is 3. The molecule has 4 nitrogen and oxygen atoms in total. The molecular formula is C15H26N2O2. The average molecular weight is 266 g/mol. The fourth-order valence-electron chi connectivity index (χ4n) is 4.27. The third kappa shape index (κ3) is 2.79. The molecule has 0 aromatic heterocycles. The van der Waals surface area contributed by atoms with Gasteiger partial charge in [-0.2, -0.15) is 0 Å². The molecule has 4 heteroatoms. The van der Waals surface area contributed by atoms with Gasteiger partial charge in [0.25, 0.3) is 0 Å². The molecule has 1 amide bonds. The van der Waals surface area contributed by atoms with E-state index in [-0.39, 0.29) is 18.4 Å². The van der Waals surface area contributed by atoms with Gasteiger partial charge in [-0.05, 0) is 43.9 Å². The molecule has 108 valence electrons. The van der Waals surface area contributed by atoms with E-state index in [4.69, 9.17) is 0 Å². The van der Waals surface area contributed by atoms with Crippen LogP contribution in [0.3, 0.4) is 0 Å². The fourth-order valence-corrected chi connectivity index (χ4v) is 4.27. The maximum absolute atomic E-state index is 12.3. The van der Waals surface area contributed by atoms with Crippen LogP contribution in [-0.2, 0) is 4.79 Å². The predicted molar refractivity (Wildman–Crippen MR) is 73.6 cm³/mol. The number of hydrogen-bond acceptors (Lipinski definition) is 3. The second-order valence-corrected chi connectivity index (χ2v) is 6.62. The van der Waals surface area contributed by atoms with Crippen molar-refractivity contribution in [3.63, 3.8) is 0 Å². The van der Waals surface area contributed by atoms with Crippen LogP contribution < -0.4 is 10.6 Å². The summed E-state index contributed by atoms with van der Waals surface area (Å²) in [5.41, 5.74) is 0. The van der Waals surface area contributed by atoms with E-state index in [1.54, 1.807) is 0 Å². The van der Waals surface area contributed by atoms with Gasteiger partial charge in [-0.25, -0.2) is 0 Å². The lowest BCUT2D eigenvalue weighted by atomic mass is 9.79. The number of rotatable bonds is 4. The lowest BCUT2D eigenvalue weighted by Gasteiger charge is -2.31. The van der Waals surface area contributed by atoms with Crippen LogP contribution in [0.4, 0.5) is 0 Å². The summed E-state index contributed by atoms with van der Waals surface area (Å²) in [6.45, 7) is 1.04. The minimum Gasteiger partial charge on any atom is -0.396 e. The van der Waals surface area contributed by atoms with Gasteiger partial charge in [0.1, 0.15) is 0 Å². The maximum Gasteiger partial charge on any atom is 0.224 e. The highest BCUT2D eigenvalue weighted by atomic mass is 16.3. The molecule has 19 heavy (non-hydrogen) atoms. The molecule has 2 aliphatic heterocycles. The van der Waals surface area contributed by atoms with Gasteiger partial charge in [-0.15, -0.1) is 0 Å². The van der Waals surface area contributed by atoms with E-state index in [0.29, 0.717) is 23.9 Å². The molecule has 3 fully saturated rings. The Hall–Kier alpha value is -0.610. The number of carbonyl (C=O) groups is 1. The van der Waals surface area contributed by atoms with Gasteiger partial charge in [0.2, 0.25) is 5.91 Å². The van der Waals surface area contributed by atoms with E-state index in [1.807, 2.05) is 0 Å². The van der Waals surface area contributed by atoms with Crippen molar-refractivity contribution in [2.45, 2.75) is 57.0 Å². The standard InChI is InChI=1S/C15H26N2O2/c18-9-11-4-2-1-3-10(11)8-16-15(19)13-7-12-5-6-14(13)17-12/h10-14,17-18H,1-9H2,(H,16,19). The summed E-state index contributed by atoms with van der Waals surface area (Å²) in [7, 11) is 0. The van der Waals surface area contributed by atoms with Gasteiger partial charge in [0.15, 0.2) is 0 Å². The monoisotopic (exact) mass is 266 g/mol. The molecule has 1 saturated carbocycles. The molecule has 0 aromatic carbocycles. The zero-order chi connectivity index (χ0) is 13.2. The van der Waals surface area contributed by atoms with Crippen LogP contribution in [0.2, 0.25) is 0 Å². The number of amides is 1. The smallest absolute Gasteiger partial charge is 0.224 e. The number of fused-ring (bicyclic) bond motifs is 2. The van der Waals surface area contributed by atoms with Gasteiger partial charge in [0.05, 0.1) is 5.92 Å². The zero-order valence-electron chi connectivity index (χ0n) is 11.6. The molecule has 0 aromatic rings. The molecule has 1 aliphatic carbocycles. The summed E-state index contributed by atoms with van der Waals surface area (Å²) in [6.07, 6.45) is 8.16. The van der Waals surface area contributed by atoms with E-state index in [9.17, 15) is 9.90 Å². The summed E-state index contributed by atoms with van der Waals surface area (Å²) >= 11 is 0.